The van der Waals surface area contributed by atoms with Gasteiger partial charge in [0.2, 0.25) is 0 Å². The van der Waals surface area contributed by atoms with Crippen LogP contribution in [-0.2, 0) is 0 Å². The summed E-state index contributed by atoms with van der Waals surface area (Å²) in [5.74, 6) is -0.0262. The monoisotopic (exact) mass is 117 g/mol. The summed E-state index contributed by atoms with van der Waals surface area (Å²) >= 11 is 5.51. The van der Waals surface area contributed by atoms with Crippen molar-refractivity contribution in [3.8, 4) is 6.07 Å². The van der Waals surface area contributed by atoms with Crippen molar-refractivity contribution in [2.24, 2.45) is 5.92 Å². The van der Waals surface area contributed by atoms with Crippen LogP contribution in [0.25, 0.3) is 0 Å². The molecule has 0 bridgehead atoms. The Morgan fingerprint density at radius 3 is 2.00 bits per heavy atom. The maximum absolute atomic E-state index is 8.17. The number of alkyl halides is 1. The molecule has 0 rings (SSSR count). The van der Waals surface area contributed by atoms with E-state index in [1.807, 2.05) is 13.0 Å². The molecular formula is C5H8ClN. The number of halogens is 1. The normalized spacial score (nSPS) is 17.4. The molecular weight excluding hydrogens is 110 g/mol. The number of nitriles is 1. The average Bonchev–Trinajstić information content (AvgIpc) is 1.65. The summed E-state index contributed by atoms with van der Waals surface area (Å²) in [6.07, 6.45) is 0. The van der Waals surface area contributed by atoms with Crippen LogP contribution in [0.5, 0.6) is 0 Å². The van der Waals surface area contributed by atoms with Crippen molar-refractivity contribution in [3.63, 3.8) is 0 Å². The lowest BCUT2D eigenvalue weighted by Crippen LogP contribution is -2.02. The van der Waals surface area contributed by atoms with Gasteiger partial charge in [-0.3, -0.25) is 0 Å². The molecule has 0 saturated carbocycles. The molecule has 0 fully saturated rings. The Bertz CT molecular complexity index is 82.6. The fourth-order valence-electron chi connectivity index (χ4n) is 0.103. The van der Waals surface area contributed by atoms with Crippen LogP contribution in [0.15, 0.2) is 0 Å². The van der Waals surface area contributed by atoms with E-state index in [-0.39, 0.29) is 11.3 Å². The van der Waals surface area contributed by atoms with Crippen LogP contribution in [0.2, 0.25) is 0 Å². The lowest BCUT2D eigenvalue weighted by atomic mass is 10.1. The summed E-state index contributed by atoms with van der Waals surface area (Å²) in [4.78, 5) is 0. The fraction of sp³-hybridized carbons (Fsp3) is 0.800. The summed E-state index contributed by atoms with van der Waals surface area (Å²) in [6, 6.07) is 2.03. The van der Waals surface area contributed by atoms with E-state index < -0.39 is 0 Å². The second kappa shape index (κ2) is 2.87. The summed E-state index contributed by atoms with van der Waals surface area (Å²) in [5, 5.41) is 8.15. The van der Waals surface area contributed by atoms with Crippen molar-refractivity contribution >= 4 is 11.6 Å². The van der Waals surface area contributed by atoms with Crippen LogP contribution < -0.4 is 0 Å². The predicted molar refractivity (Wildman–Crippen MR) is 30.1 cm³/mol. The zero-order valence-electron chi connectivity index (χ0n) is 4.48. The number of nitrogens with zero attached hydrogens (tertiary/aromatic N) is 1. The van der Waals surface area contributed by atoms with Gasteiger partial charge in [0.15, 0.2) is 0 Å². The van der Waals surface area contributed by atoms with E-state index in [0.29, 0.717) is 0 Å². The Morgan fingerprint density at radius 1 is 1.57 bits per heavy atom. The minimum Gasteiger partial charge on any atom is -0.198 e. The molecule has 2 heteroatoms. The third kappa shape index (κ3) is 2.47. The first-order valence-electron chi connectivity index (χ1n) is 2.22. The minimum absolute atomic E-state index is 0.0231. The van der Waals surface area contributed by atoms with E-state index in [9.17, 15) is 0 Å². The lowest BCUT2D eigenvalue weighted by Gasteiger charge is -1.99. The van der Waals surface area contributed by atoms with Gasteiger partial charge in [-0.25, -0.2) is 0 Å². The molecule has 0 aliphatic heterocycles. The molecule has 0 aliphatic rings. The van der Waals surface area contributed by atoms with Gasteiger partial charge in [0, 0.05) is 5.38 Å². The van der Waals surface area contributed by atoms with E-state index in [1.54, 1.807) is 6.92 Å². The molecule has 0 aromatic rings. The van der Waals surface area contributed by atoms with E-state index in [2.05, 4.69) is 0 Å². The SMILES string of the molecule is CC(Cl)C(C)C#N. The molecule has 0 spiro atoms. The smallest absolute Gasteiger partial charge is 0.0668 e. The van der Waals surface area contributed by atoms with E-state index in [0.717, 1.165) is 0 Å². The van der Waals surface area contributed by atoms with Crippen LogP contribution in [-0.4, -0.2) is 5.38 Å². The molecule has 7 heavy (non-hydrogen) atoms. The van der Waals surface area contributed by atoms with Gasteiger partial charge in [0.25, 0.3) is 0 Å². The molecule has 0 radical (unpaired) electrons. The van der Waals surface area contributed by atoms with Crippen LogP contribution in [0.4, 0.5) is 0 Å². The second-order valence-electron chi connectivity index (χ2n) is 1.60. The third-order valence-corrected chi connectivity index (χ3v) is 1.27. The third-order valence-electron chi connectivity index (χ3n) is 0.893. The highest BCUT2D eigenvalue weighted by Gasteiger charge is 2.04. The molecule has 0 aromatic heterocycles. The van der Waals surface area contributed by atoms with Crippen molar-refractivity contribution in [2.45, 2.75) is 19.2 Å². The average molecular weight is 118 g/mol. The van der Waals surface area contributed by atoms with Crippen LogP contribution in [0, 0.1) is 17.2 Å². The molecule has 0 amide bonds. The number of hydrogen-bond donors (Lipinski definition) is 0. The lowest BCUT2D eigenvalue weighted by molar-refractivity contribution is 0.722. The maximum Gasteiger partial charge on any atom is 0.0668 e. The Kier molecular flexibility index (Phi) is 2.78. The highest BCUT2D eigenvalue weighted by Crippen LogP contribution is 2.06. The van der Waals surface area contributed by atoms with Crippen molar-refractivity contribution in [3.05, 3.63) is 0 Å². The van der Waals surface area contributed by atoms with Gasteiger partial charge in [-0.05, 0) is 13.8 Å². The Hall–Kier alpha value is -0.220. The molecule has 0 N–H and O–H groups in total. The Balaban J connectivity index is 3.40. The van der Waals surface area contributed by atoms with Gasteiger partial charge >= 0.3 is 0 Å². The minimum atomic E-state index is -0.0262. The number of hydrogen-bond acceptors (Lipinski definition) is 1. The zero-order valence-corrected chi connectivity index (χ0v) is 5.24. The standard InChI is InChI=1S/C5H8ClN/c1-4(3-7)5(2)6/h4-5H,1-2H3. The highest BCUT2D eigenvalue weighted by molar-refractivity contribution is 6.20. The molecule has 2 atom stereocenters. The van der Waals surface area contributed by atoms with Crippen LogP contribution >= 0.6 is 11.6 Å². The molecule has 0 heterocycles. The Morgan fingerprint density at radius 2 is 2.00 bits per heavy atom. The van der Waals surface area contributed by atoms with E-state index >= 15 is 0 Å². The molecule has 0 aliphatic carbocycles. The summed E-state index contributed by atoms with van der Waals surface area (Å²) in [7, 11) is 0. The van der Waals surface area contributed by atoms with E-state index in [4.69, 9.17) is 16.9 Å². The summed E-state index contributed by atoms with van der Waals surface area (Å²) in [5.41, 5.74) is 0. The maximum atomic E-state index is 8.17. The largest absolute Gasteiger partial charge is 0.198 e. The molecule has 2 unspecified atom stereocenters. The summed E-state index contributed by atoms with van der Waals surface area (Å²) in [6.45, 7) is 3.62. The topological polar surface area (TPSA) is 23.8 Å². The predicted octanol–water partition coefficient (Wildman–Crippen LogP) is 1.77. The van der Waals surface area contributed by atoms with Gasteiger partial charge < -0.3 is 0 Å². The van der Waals surface area contributed by atoms with Crippen molar-refractivity contribution in [1.82, 2.24) is 0 Å². The number of rotatable bonds is 1. The van der Waals surface area contributed by atoms with Gasteiger partial charge in [0.1, 0.15) is 0 Å². The van der Waals surface area contributed by atoms with Gasteiger partial charge in [0.05, 0.1) is 12.0 Å². The zero-order chi connectivity index (χ0) is 5.86. The Labute approximate surface area is 48.9 Å². The molecule has 0 saturated heterocycles. The van der Waals surface area contributed by atoms with Gasteiger partial charge in [-0.15, -0.1) is 11.6 Å². The molecule has 40 valence electrons. The van der Waals surface area contributed by atoms with Crippen molar-refractivity contribution in [2.75, 3.05) is 0 Å². The van der Waals surface area contributed by atoms with Gasteiger partial charge in [-0.1, -0.05) is 0 Å². The van der Waals surface area contributed by atoms with Crippen LogP contribution in [0.3, 0.4) is 0 Å². The van der Waals surface area contributed by atoms with Crippen molar-refractivity contribution < 1.29 is 0 Å². The molecule has 0 aromatic carbocycles. The first kappa shape index (κ1) is 6.78. The first-order valence-corrected chi connectivity index (χ1v) is 2.65. The van der Waals surface area contributed by atoms with Crippen LogP contribution in [0.1, 0.15) is 13.8 Å². The molecule has 1 nitrogen and oxygen atoms in total. The van der Waals surface area contributed by atoms with E-state index in [1.165, 1.54) is 0 Å². The highest BCUT2D eigenvalue weighted by atomic mass is 35.5. The quantitative estimate of drug-likeness (QED) is 0.481. The van der Waals surface area contributed by atoms with Crippen molar-refractivity contribution in [1.29, 1.82) is 5.26 Å². The summed E-state index contributed by atoms with van der Waals surface area (Å²) < 4.78 is 0. The second-order valence-corrected chi connectivity index (χ2v) is 2.28. The first-order chi connectivity index (χ1) is 3.18. The van der Waals surface area contributed by atoms with Gasteiger partial charge in [-0.2, -0.15) is 5.26 Å². The fourth-order valence-corrected chi connectivity index (χ4v) is 0.159.